The number of piperidine rings is 1. The summed E-state index contributed by atoms with van der Waals surface area (Å²) >= 11 is 0. The molecule has 0 radical (unpaired) electrons. The molecule has 0 aromatic heterocycles. The Hall–Kier alpha value is -2.19. The van der Waals surface area contributed by atoms with Crippen molar-refractivity contribution in [2.75, 3.05) is 32.8 Å². The van der Waals surface area contributed by atoms with Crippen LogP contribution in [0.25, 0.3) is 0 Å². The minimum Gasteiger partial charge on any atom is -0.493 e. The molecule has 1 N–H and O–H groups in total. The van der Waals surface area contributed by atoms with E-state index in [1.807, 2.05) is 12.2 Å². The third-order valence-corrected chi connectivity index (χ3v) is 7.58. The smallest absolute Gasteiger partial charge is 0.250 e. The van der Waals surface area contributed by atoms with Crippen molar-refractivity contribution in [1.29, 1.82) is 0 Å². The molecule has 0 aromatic rings. The second-order valence-corrected chi connectivity index (χ2v) is 9.59. The van der Waals surface area contributed by atoms with E-state index >= 15 is 0 Å². The number of morpholine rings is 1. The Morgan fingerprint density at radius 2 is 1.81 bits per heavy atom. The van der Waals surface area contributed by atoms with Crippen LogP contribution in [0.2, 0.25) is 0 Å². The van der Waals surface area contributed by atoms with Gasteiger partial charge < -0.3 is 14.4 Å². The van der Waals surface area contributed by atoms with E-state index in [0.717, 1.165) is 50.5 Å². The number of carbonyl (C=O) groups is 3. The molecule has 2 unspecified atom stereocenters. The summed E-state index contributed by atoms with van der Waals surface area (Å²) in [7, 11) is 0. The molecule has 5 rings (SSSR count). The van der Waals surface area contributed by atoms with Gasteiger partial charge in [-0.15, -0.1) is 0 Å². The highest BCUT2D eigenvalue weighted by Gasteiger charge is 2.44. The first-order valence-corrected chi connectivity index (χ1v) is 12.1. The van der Waals surface area contributed by atoms with Crippen LogP contribution in [0.15, 0.2) is 23.5 Å². The van der Waals surface area contributed by atoms with Crippen molar-refractivity contribution in [3.63, 3.8) is 0 Å². The first kappa shape index (κ1) is 21.6. The van der Waals surface area contributed by atoms with Gasteiger partial charge in [-0.25, -0.2) is 0 Å². The summed E-state index contributed by atoms with van der Waals surface area (Å²) in [4.78, 5) is 40.9. The first-order chi connectivity index (χ1) is 15.6. The molecule has 0 spiro atoms. The van der Waals surface area contributed by atoms with E-state index in [1.165, 1.54) is 19.3 Å². The lowest BCUT2D eigenvalue weighted by molar-refractivity contribution is -0.142. The molecular formula is C24H33N3O5. The van der Waals surface area contributed by atoms with E-state index in [9.17, 15) is 14.4 Å². The van der Waals surface area contributed by atoms with Crippen LogP contribution in [0.3, 0.4) is 0 Å². The Kier molecular flexibility index (Phi) is 6.33. The fraction of sp³-hybridized carbons (Fsp3) is 0.708. The monoisotopic (exact) mass is 443 g/mol. The maximum absolute atomic E-state index is 13.0. The molecule has 3 amide bonds. The zero-order valence-corrected chi connectivity index (χ0v) is 18.6. The lowest BCUT2D eigenvalue weighted by Gasteiger charge is -2.39. The number of ether oxygens (including phenoxy) is 2. The normalized spacial score (nSPS) is 34.4. The molecule has 174 valence electrons. The molecule has 1 saturated carbocycles. The molecule has 8 nitrogen and oxygen atoms in total. The van der Waals surface area contributed by atoms with Crippen molar-refractivity contribution in [3.05, 3.63) is 23.5 Å². The van der Waals surface area contributed by atoms with Crippen LogP contribution >= 0.6 is 0 Å². The third-order valence-electron chi connectivity index (χ3n) is 7.58. The van der Waals surface area contributed by atoms with E-state index in [0.29, 0.717) is 25.4 Å². The molecule has 4 atom stereocenters. The van der Waals surface area contributed by atoms with Gasteiger partial charge in [0.1, 0.15) is 12.1 Å². The van der Waals surface area contributed by atoms with Crippen LogP contribution in [-0.4, -0.2) is 78.6 Å². The zero-order chi connectivity index (χ0) is 22.1. The van der Waals surface area contributed by atoms with E-state index in [1.54, 1.807) is 4.90 Å². The molecule has 0 bridgehead atoms. The number of carbonyl (C=O) groups excluding carboxylic acids is 3. The number of likely N-dealkylation sites (tertiary alicyclic amines) is 1. The highest BCUT2D eigenvalue weighted by Crippen LogP contribution is 2.37. The SMILES string of the molecule is O=C1CCC(N2CC3CC(O[C@H]4CCCCC[C@H]4N4CCOCC4)=CC=C3C2=O)C(=O)N1. The van der Waals surface area contributed by atoms with Gasteiger partial charge in [-0.3, -0.25) is 24.6 Å². The van der Waals surface area contributed by atoms with Crippen molar-refractivity contribution < 1.29 is 23.9 Å². The predicted molar refractivity (Wildman–Crippen MR) is 116 cm³/mol. The number of allylic oxidation sites excluding steroid dienone is 3. The Morgan fingerprint density at radius 3 is 2.62 bits per heavy atom. The summed E-state index contributed by atoms with van der Waals surface area (Å²) in [6.07, 6.45) is 11.3. The van der Waals surface area contributed by atoms with Gasteiger partial charge in [0, 0.05) is 50.0 Å². The first-order valence-electron chi connectivity index (χ1n) is 12.1. The largest absolute Gasteiger partial charge is 0.493 e. The fourth-order valence-electron chi connectivity index (χ4n) is 5.88. The lowest BCUT2D eigenvalue weighted by Crippen LogP contribution is -2.53. The van der Waals surface area contributed by atoms with Crippen molar-refractivity contribution in [2.24, 2.45) is 5.92 Å². The topological polar surface area (TPSA) is 88.2 Å². The van der Waals surface area contributed by atoms with Crippen molar-refractivity contribution in [3.8, 4) is 0 Å². The number of fused-ring (bicyclic) bond motifs is 1. The van der Waals surface area contributed by atoms with Gasteiger partial charge in [0.15, 0.2) is 0 Å². The average Bonchev–Trinajstić information content (AvgIpc) is 2.95. The van der Waals surface area contributed by atoms with Crippen LogP contribution in [-0.2, 0) is 23.9 Å². The molecular weight excluding hydrogens is 410 g/mol. The van der Waals surface area contributed by atoms with Gasteiger partial charge in [0.05, 0.1) is 19.0 Å². The van der Waals surface area contributed by atoms with E-state index in [4.69, 9.17) is 9.47 Å². The summed E-state index contributed by atoms with van der Waals surface area (Å²) in [5, 5.41) is 2.37. The minimum absolute atomic E-state index is 0.0422. The molecule has 4 fully saturated rings. The second kappa shape index (κ2) is 9.35. The highest BCUT2D eigenvalue weighted by atomic mass is 16.5. The van der Waals surface area contributed by atoms with E-state index in [-0.39, 0.29) is 36.2 Å². The molecule has 8 heteroatoms. The van der Waals surface area contributed by atoms with Crippen LogP contribution in [0.1, 0.15) is 51.4 Å². The molecule has 0 aromatic carbocycles. The quantitative estimate of drug-likeness (QED) is 0.524. The average molecular weight is 444 g/mol. The van der Waals surface area contributed by atoms with Gasteiger partial charge >= 0.3 is 0 Å². The van der Waals surface area contributed by atoms with Crippen molar-refractivity contribution >= 4 is 17.7 Å². The van der Waals surface area contributed by atoms with Crippen LogP contribution < -0.4 is 5.32 Å². The minimum atomic E-state index is -0.552. The summed E-state index contributed by atoms with van der Waals surface area (Å²) in [6.45, 7) is 4.02. The van der Waals surface area contributed by atoms with Gasteiger partial charge in [0.2, 0.25) is 11.8 Å². The van der Waals surface area contributed by atoms with Crippen LogP contribution in [0.4, 0.5) is 0 Å². The summed E-state index contributed by atoms with van der Waals surface area (Å²) in [5.74, 6) is 0.290. The van der Waals surface area contributed by atoms with Crippen LogP contribution in [0, 0.1) is 5.92 Å². The lowest BCUT2D eigenvalue weighted by atomic mass is 9.93. The molecule has 3 saturated heterocycles. The second-order valence-electron chi connectivity index (χ2n) is 9.59. The maximum Gasteiger partial charge on any atom is 0.250 e. The fourth-order valence-corrected chi connectivity index (χ4v) is 5.88. The summed E-state index contributed by atoms with van der Waals surface area (Å²) < 4.78 is 12.2. The molecule has 32 heavy (non-hydrogen) atoms. The zero-order valence-electron chi connectivity index (χ0n) is 18.6. The van der Waals surface area contributed by atoms with Gasteiger partial charge in [-0.05, 0) is 37.8 Å². The van der Waals surface area contributed by atoms with Crippen molar-refractivity contribution in [1.82, 2.24) is 15.1 Å². The predicted octanol–water partition coefficient (Wildman–Crippen LogP) is 1.51. The van der Waals surface area contributed by atoms with Gasteiger partial charge in [-0.1, -0.05) is 12.8 Å². The Morgan fingerprint density at radius 1 is 1.00 bits per heavy atom. The standard InChI is InChI=1S/C24H33N3O5/c28-22-9-8-20(23(29)25-22)27-15-16-14-17(6-7-18(16)24(27)30)32-21-5-3-1-2-4-19(21)26-10-12-31-13-11-26/h6-7,16,19-21H,1-5,8-15H2,(H,25,28,29)/t16?,19-,20?,21+/m1/s1. The Bertz CT molecular complexity index is 831. The molecule has 5 aliphatic rings. The summed E-state index contributed by atoms with van der Waals surface area (Å²) in [5.41, 5.74) is 0.757. The number of nitrogens with one attached hydrogen (secondary N) is 1. The van der Waals surface area contributed by atoms with E-state index in [2.05, 4.69) is 10.2 Å². The third kappa shape index (κ3) is 4.35. The molecule has 3 heterocycles. The number of imide groups is 1. The Labute approximate surface area is 189 Å². The van der Waals surface area contributed by atoms with Gasteiger partial charge in [-0.2, -0.15) is 0 Å². The Balaban J connectivity index is 1.25. The number of nitrogens with zero attached hydrogens (tertiary/aromatic N) is 2. The van der Waals surface area contributed by atoms with Gasteiger partial charge in [0.25, 0.3) is 5.91 Å². The summed E-state index contributed by atoms with van der Waals surface area (Å²) in [6, 6.07) is -0.138. The van der Waals surface area contributed by atoms with Crippen LogP contribution in [0.5, 0.6) is 0 Å². The molecule has 3 aliphatic heterocycles. The maximum atomic E-state index is 13.0. The number of amides is 3. The molecule has 2 aliphatic carbocycles. The number of hydrogen-bond acceptors (Lipinski definition) is 6. The van der Waals surface area contributed by atoms with E-state index < -0.39 is 6.04 Å². The van der Waals surface area contributed by atoms with Crippen molar-refractivity contribution in [2.45, 2.75) is 69.6 Å². The number of rotatable bonds is 4. The number of hydrogen-bond donors (Lipinski definition) is 1. The highest BCUT2D eigenvalue weighted by molar-refractivity contribution is 6.04.